The summed E-state index contributed by atoms with van der Waals surface area (Å²) in [5.74, 6) is -2.83. The van der Waals surface area contributed by atoms with Crippen LogP contribution in [0.1, 0.15) is 27.3 Å². The molecule has 36 heavy (non-hydrogen) atoms. The summed E-state index contributed by atoms with van der Waals surface area (Å²) in [7, 11) is 0. The lowest BCUT2D eigenvalue weighted by molar-refractivity contribution is -0.143. The zero-order valence-electron chi connectivity index (χ0n) is 18.1. The van der Waals surface area contributed by atoms with E-state index in [0.29, 0.717) is 12.1 Å². The zero-order chi connectivity index (χ0) is 26.3. The van der Waals surface area contributed by atoms with Crippen molar-refractivity contribution >= 4 is 5.91 Å². The van der Waals surface area contributed by atoms with E-state index >= 15 is 0 Å². The Balaban J connectivity index is 1.46. The zero-order valence-corrected chi connectivity index (χ0v) is 18.1. The Morgan fingerprint density at radius 1 is 0.833 bits per heavy atom. The topological polar surface area (TPSA) is 67.2 Å². The van der Waals surface area contributed by atoms with Gasteiger partial charge in [-0.25, -0.2) is 8.78 Å². The molecule has 1 amide bonds. The molecule has 0 spiro atoms. The first kappa shape index (κ1) is 25.5. The summed E-state index contributed by atoms with van der Waals surface area (Å²) in [6, 6.07) is 3.87. The molecule has 1 saturated heterocycles. The third kappa shape index (κ3) is 5.45. The van der Waals surface area contributed by atoms with Gasteiger partial charge in [-0.1, -0.05) is 0 Å². The Kier molecular flexibility index (Phi) is 6.68. The molecule has 1 aliphatic heterocycles. The van der Waals surface area contributed by atoms with Gasteiger partial charge < -0.3 is 4.90 Å². The highest BCUT2D eigenvalue weighted by Crippen LogP contribution is 2.36. The summed E-state index contributed by atoms with van der Waals surface area (Å²) in [6.07, 6.45) is -10.1. The van der Waals surface area contributed by atoms with Gasteiger partial charge in [0.25, 0.3) is 5.91 Å². The van der Waals surface area contributed by atoms with Crippen molar-refractivity contribution in [2.45, 2.75) is 18.9 Å². The molecule has 0 unspecified atom stereocenters. The van der Waals surface area contributed by atoms with Crippen LogP contribution in [0.25, 0.3) is 5.69 Å². The van der Waals surface area contributed by atoms with Crippen molar-refractivity contribution in [3.05, 3.63) is 70.5 Å². The lowest BCUT2D eigenvalue weighted by atomic mass is 10.0. The molecule has 0 saturated carbocycles. The molecule has 0 atom stereocenters. The Labute approximate surface area is 197 Å². The maximum atomic E-state index is 13.6. The van der Waals surface area contributed by atoms with Crippen molar-refractivity contribution < 1.29 is 39.9 Å². The van der Waals surface area contributed by atoms with Gasteiger partial charge in [-0.05, 0) is 40.8 Å². The van der Waals surface area contributed by atoms with Crippen LogP contribution in [-0.4, -0.2) is 62.1 Å². The number of nitrogens with zero attached hydrogens (tertiary/aromatic N) is 6. The van der Waals surface area contributed by atoms with Crippen molar-refractivity contribution in [2.24, 2.45) is 0 Å². The molecule has 15 heteroatoms. The van der Waals surface area contributed by atoms with Crippen molar-refractivity contribution in [3.8, 4) is 5.69 Å². The minimum Gasteiger partial charge on any atom is -0.336 e. The number of tetrazole rings is 1. The minimum absolute atomic E-state index is 0.0170. The summed E-state index contributed by atoms with van der Waals surface area (Å²) in [5.41, 5.74) is -3.67. The standard InChI is InChI=1S/C21H16F8N6O/c22-16-2-1-15(10-17(16)23)35-18(30-31-32-35)11-33-3-5-34(6-4-33)19(36)12-7-13(20(24,25)26)9-14(8-12)21(27,28)29/h1-2,7-10H,3-6,11H2. The van der Waals surface area contributed by atoms with Crippen LogP contribution in [0.15, 0.2) is 36.4 Å². The van der Waals surface area contributed by atoms with E-state index in [1.54, 1.807) is 4.90 Å². The number of alkyl halides is 6. The number of benzene rings is 2. The van der Waals surface area contributed by atoms with Crippen LogP contribution in [0.3, 0.4) is 0 Å². The van der Waals surface area contributed by atoms with Crippen molar-refractivity contribution in [1.82, 2.24) is 30.0 Å². The molecule has 2 aromatic carbocycles. The molecule has 3 aromatic rings. The third-order valence-electron chi connectivity index (χ3n) is 5.54. The first-order chi connectivity index (χ1) is 16.8. The van der Waals surface area contributed by atoms with Crippen LogP contribution in [-0.2, 0) is 18.9 Å². The molecule has 1 aromatic heterocycles. The van der Waals surface area contributed by atoms with E-state index in [4.69, 9.17) is 0 Å². The number of carbonyl (C=O) groups excluding carboxylic acids is 1. The number of amides is 1. The first-order valence-electron chi connectivity index (χ1n) is 10.4. The quantitative estimate of drug-likeness (QED) is 0.488. The normalized spacial score (nSPS) is 15.4. The van der Waals surface area contributed by atoms with Crippen LogP contribution in [0, 0.1) is 11.6 Å². The summed E-state index contributed by atoms with van der Waals surface area (Å²) in [5, 5.41) is 11.1. The molecule has 192 valence electrons. The molecular weight excluding hydrogens is 504 g/mol. The van der Waals surface area contributed by atoms with E-state index in [1.807, 2.05) is 0 Å². The average molecular weight is 520 g/mol. The highest BCUT2D eigenvalue weighted by molar-refractivity contribution is 5.94. The first-order valence-corrected chi connectivity index (χ1v) is 10.4. The second kappa shape index (κ2) is 9.44. The number of hydrogen-bond donors (Lipinski definition) is 0. The fourth-order valence-corrected chi connectivity index (χ4v) is 3.69. The summed E-state index contributed by atoms with van der Waals surface area (Å²) in [6.45, 7) is 0.588. The van der Waals surface area contributed by atoms with E-state index in [2.05, 4.69) is 15.5 Å². The summed E-state index contributed by atoms with van der Waals surface area (Å²) in [4.78, 5) is 15.7. The van der Waals surface area contributed by atoms with Crippen LogP contribution in [0.5, 0.6) is 0 Å². The summed E-state index contributed by atoms with van der Waals surface area (Å²) < 4.78 is 107. The molecule has 1 fully saturated rings. The predicted octanol–water partition coefficient (Wildman–Crippen LogP) is 3.94. The van der Waals surface area contributed by atoms with Gasteiger partial charge in [0, 0.05) is 37.8 Å². The number of halogens is 8. The molecular formula is C21H16F8N6O. The maximum absolute atomic E-state index is 13.6. The van der Waals surface area contributed by atoms with Gasteiger partial charge in [0.2, 0.25) is 0 Å². The van der Waals surface area contributed by atoms with Gasteiger partial charge in [0.15, 0.2) is 17.5 Å². The van der Waals surface area contributed by atoms with E-state index < -0.39 is 46.6 Å². The van der Waals surface area contributed by atoms with Crippen molar-refractivity contribution in [2.75, 3.05) is 26.2 Å². The molecule has 7 nitrogen and oxygen atoms in total. The molecule has 0 bridgehead atoms. The van der Waals surface area contributed by atoms with Gasteiger partial charge in [-0.3, -0.25) is 9.69 Å². The number of piperazine rings is 1. The van der Waals surface area contributed by atoms with Crippen LogP contribution in [0.4, 0.5) is 35.1 Å². The van der Waals surface area contributed by atoms with Crippen LogP contribution < -0.4 is 0 Å². The van der Waals surface area contributed by atoms with Crippen molar-refractivity contribution in [3.63, 3.8) is 0 Å². The molecule has 4 rings (SSSR count). The number of carbonyl (C=O) groups is 1. The Hall–Kier alpha value is -3.62. The van der Waals surface area contributed by atoms with E-state index in [9.17, 15) is 39.9 Å². The highest BCUT2D eigenvalue weighted by atomic mass is 19.4. The molecule has 0 radical (unpaired) electrons. The molecule has 1 aliphatic rings. The number of rotatable bonds is 4. The highest BCUT2D eigenvalue weighted by Gasteiger charge is 2.38. The van der Waals surface area contributed by atoms with Crippen molar-refractivity contribution in [1.29, 1.82) is 0 Å². The van der Waals surface area contributed by atoms with Gasteiger partial charge in [0.05, 0.1) is 23.4 Å². The minimum atomic E-state index is -5.06. The monoisotopic (exact) mass is 520 g/mol. The maximum Gasteiger partial charge on any atom is 0.416 e. The Bertz CT molecular complexity index is 1230. The van der Waals surface area contributed by atoms with Gasteiger partial charge in [0.1, 0.15) is 0 Å². The second-order valence-electron chi connectivity index (χ2n) is 7.97. The smallest absolute Gasteiger partial charge is 0.336 e. The predicted molar refractivity (Wildman–Crippen MR) is 107 cm³/mol. The summed E-state index contributed by atoms with van der Waals surface area (Å²) >= 11 is 0. The fraction of sp³-hybridized carbons (Fsp3) is 0.333. The second-order valence-corrected chi connectivity index (χ2v) is 7.97. The van der Waals surface area contributed by atoms with Gasteiger partial charge in [-0.15, -0.1) is 5.10 Å². The number of aromatic nitrogens is 4. The van der Waals surface area contributed by atoms with Crippen LogP contribution in [0.2, 0.25) is 0 Å². The van der Waals surface area contributed by atoms with Gasteiger partial charge >= 0.3 is 12.4 Å². The van der Waals surface area contributed by atoms with Gasteiger partial charge in [-0.2, -0.15) is 31.0 Å². The molecule has 0 N–H and O–H groups in total. The lowest BCUT2D eigenvalue weighted by Gasteiger charge is -2.34. The third-order valence-corrected chi connectivity index (χ3v) is 5.54. The van der Waals surface area contributed by atoms with Crippen LogP contribution >= 0.6 is 0 Å². The molecule has 0 aliphatic carbocycles. The average Bonchev–Trinajstić information content (AvgIpc) is 3.27. The SMILES string of the molecule is O=C(c1cc(C(F)(F)F)cc(C(F)(F)F)c1)N1CCN(Cc2nnnn2-c2ccc(F)c(F)c2)CC1. The largest absolute Gasteiger partial charge is 0.416 e. The Morgan fingerprint density at radius 3 is 2.00 bits per heavy atom. The van der Waals surface area contributed by atoms with E-state index in [-0.39, 0.29) is 50.3 Å². The Morgan fingerprint density at radius 2 is 1.44 bits per heavy atom. The van der Waals surface area contributed by atoms with E-state index in [1.165, 1.54) is 10.7 Å². The molecule has 2 heterocycles. The fourth-order valence-electron chi connectivity index (χ4n) is 3.69. The lowest BCUT2D eigenvalue weighted by Crippen LogP contribution is -2.48. The number of hydrogen-bond acceptors (Lipinski definition) is 5. The van der Waals surface area contributed by atoms with E-state index in [0.717, 1.165) is 17.0 Å².